The summed E-state index contributed by atoms with van der Waals surface area (Å²) >= 11 is 0. The molecule has 5 heteroatoms. The smallest absolute Gasteiger partial charge is 0.272 e. The number of hydrogen-bond acceptors (Lipinski definition) is 4. The number of nitrogens with zero attached hydrogens (tertiary/aromatic N) is 3. The zero-order valence-corrected chi connectivity index (χ0v) is 12.6. The third-order valence-electron chi connectivity index (χ3n) is 3.87. The topological polar surface area (TPSA) is 48.5 Å². The lowest BCUT2D eigenvalue weighted by Crippen LogP contribution is -2.32. The van der Waals surface area contributed by atoms with Crippen LogP contribution in [0.5, 0.6) is 0 Å². The van der Waals surface area contributed by atoms with Gasteiger partial charge in [-0.25, -0.2) is 0 Å². The Morgan fingerprint density at radius 3 is 2.85 bits per heavy atom. The SMILES string of the molecule is CN(C)C(=O)c1cc(N(C)C2CCCNCC2)ccn1. The number of aromatic nitrogens is 1. The molecular weight excluding hydrogens is 252 g/mol. The van der Waals surface area contributed by atoms with E-state index in [1.54, 1.807) is 25.2 Å². The van der Waals surface area contributed by atoms with Gasteiger partial charge in [0.2, 0.25) is 0 Å². The summed E-state index contributed by atoms with van der Waals surface area (Å²) in [7, 11) is 5.60. The molecule has 110 valence electrons. The van der Waals surface area contributed by atoms with Gasteiger partial charge < -0.3 is 15.1 Å². The van der Waals surface area contributed by atoms with E-state index < -0.39 is 0 Å². The Kier molecular flexibility index (Phi) is 4.95. The predicted octanol–water partition coefficient (Wildman–Crippen LogP) is 1.36. The van der Waals surface area contributed by atoms with Crippen molar-refractivity contribution in [3.63, 3.8) is 0 Å². The fourth-order valence-corrected chi connectivity index (χ4v) is 2.58. The van der Waals surface area contributed by atoms with Crippen molar-refractivity contribution in [1.82, 2.24) is 15.2 Å². The van der Waals surface area contributed by atoms with Crippen LogP contribution in [0.2, 0.25) is 0 Å². The number of anilines is 1. The number of amides is 1. The summed E-state index contributed by atoms with van der Waals surface area (Å²) in [5, 5.41) is 3.43. The zero-order valence-electron chi connectivity index (χ0n) is 12.6. The Bertz CT molecular complexity index is 453. The van der Waals surface area contributed by atoms with Crippen molar-refractivity contribution >= 4 is 11.6 Å². The van der Waals surface area contributed by atoms with Gasteiger partial charge in [0.1, 0.15) is 5.69 Å². The standard InChI is InChI=1S/C15H24N4O/c1-18(2)15(20)14-11-13(7-10-17-14)19(3)12-5-4-8-16-9-6-12/h7,10-12,16H,4-6,8-9H2,1-3H3. The number of rotatable bonds is 3. The van der Waals surface area contributed by atoms with E-state index in [1.807, 2.05) is 12.1 Å². The summed E-state index contributed by atoms with van der Waals surface area (Å²) in [5.74, 6) is -0.0530. The maximum absolute atomic E-state index is 12.0. The summed E-state index contributed by atoms with van der Waals surface area (Å²) in [5.41, 5.74) is 1.57. The van der Waals surface area contributed by atoms with Gasteiger partial charge >= 0.3 is 0 Å². The van der Waals surface area contributed by atoms with Gasteiger partial charge in [-0.15, -0.1) is 0 Å². The normalized spacial score (nSPS) is 19.2. The maximum atomic E-state index is 12.0. The molecule has 1 saturated heterocycles. The van der Waals surface area contributed by atoms with E-state index in [1.165, 1.54) is 12.8 Å². The summed E-state index contributed by atoms with van der Waals surface area (Å²) in [4.78, 5) is 20.0. The molecule has 0 saturated carbocycles. The third kappa shape index (κ3) is 3.48. The second kappa shape index (κ2) is 6.70. The minimum atomic E-state index is -0.0530. The van der Waals surface area contributed by atoms with Crippen molar-refractivity contribution in [2.24, 2.45) is 0 Å². The molecule has 5 nitrogen and oxygen atoms in total. The highest BCUT2D eigenvalue weighted by Gasteiger charge is 2.18. The van der Waals surface area contributed by atoms with Crippen LogP contribution >= 0.6 is 0 Å². The first-order valence-corrected chi connectivity index (χ1v) is 7.21. The van der Waals surface area contributed by atoms with Crippen molar-refractivity contribution in [2.75, 3.05) is 39.1 Å². The molecule has 0 aliphatic carbocycles. The fraction of sp³-hybridized carbons (Fsp3) is 0.600. The lowest BCUT2D eigenvalue weighted by molar-refractivity contribution is 0.0822. The predicted molar refractivity (Wildman–Crippen MR) is 81.2 cm³/mol. The fourth-order valence-electron chi connectivity index (χ4n) is 2.58. The van der Waals surface area contributed by atoms with Gasteiger partial charge in [0.15, 0.2) is 0 Å². The highest BCUT2D eigenvalue weighted by atomic mass is 16.2. The Labute approximate surface area is 121 Å². The van der Waals surface area contributed by atoms with Crippen LogP contribution in [0.4, 0.5) is 5.69 Å². The molecule has 1 aromatic heterocycles. The molecule has 1 unspecified atom stereocenters. The van der Waals surface area contributed by atoms with Crippen LogP contribution in [0, 0.1) is 0 Å². The largest absolute Gasteiger partial charge is 0.371 e. The molecular formula is C15H24N4O. The molecule has 1 N–H and O–H groups in total. The van der Waals surface area contributed by atoms with Gasteiger partial charge in [0.25, 0.3) is 5.91 Å². The average molecular weight is 276 g/mol. The van der Waals surface area contributed by atoms with E-state index in [0.717, 1.165) is 25.2 Å². The average Bonchev–Trinajstić information content (AvgIpc) is 2.74. The van der Waals surface area contributed by atoms with E-state index in [-0.39, 0.29) is 5.91 Å². The van der Waals surface area contributed by atoms with Gasteiger partial charge in [-0.3, -0.25) is 9.78 Å². The highest BCUT2D eigenvalue weighted by molar-refractivity contribution is 5.92. The quantitative estimate of drug-likeness (QED) is 0.905. The number of carbonyl (C=O) groups excluding carboxylic acids is 1. The Balaban J connectivity index is 2.15. The summed E-state index contributed by atoms with van der Waals surface area (Å²) in [6.45, 7) is 2.16. The Hall–Kier alpha value is -1.62. The van der Waals surface area contributed by atoms with E-state index in [4.69, 9.17) is 0 Å². The van der Waals surface area contributed by atoms with Crippen LogP contribution in [0.3, 0.4) is 0 Å². The van der Waals surface area contributed by atoms with Gasteiger partial charge in [0.05, 0.1) is 0 Å². The number of nitrogens with one attached hydrogen (secondary N) is 1. The highest BCUT2D eigenvalue weighted by Crippen LogP contribution is 2.21. The van der Waals surface area contributed by atoms with Crippen LogP contribution in [0.15, 0.2) is 18.3 Å². The third-order valence-corrected chi connectivity index (χ3v) is 3.87. The van der Waals surface area contributed by atoms with Crippen molar-refractivity contribution in [1.29, 1.82) is 0 Å². The molecule has 0 bridgehead atoms. The summed E-state index contributed by atoms with van der Waals surface area (Å²) in [6, 6.07) is 4.39. The number of carbonyl (C=O) groups is 1. The molecule has 1 aliphatic rings. The first-order valence-electron chi connectivity index (χ1n) is 7.21. The molecule has 0 radical (unpaired) electrons. The van der Waals surface area contributed by atoms with Gasteiger partial charge in [-0.2, -0.15) is 0 Å². The Morgan fingerprint density at radius 1 is 1.30 bits per heavy atom. The maximum Gasteiger partial charge on any atom is 0.272 e. The zero-order chi connectivity index (χ0) is 14.5. The first-order chi connectivity index (χ1) is 9.59. The molecule has 20 heavy (non-hydrogen) atoms. The molecule has 2 rings (SSSR count). The van der Waals surface area contributed by atoms with E-state index >= 15 is 0 Å². The lowest BCUT2D eigenvalue weighted by atomic mass is 10.1. The van der Waals surface area contributed by atoms with Crippen LogP contribution in [0.25, 0.3) is 0 Å². The molecule has 1 aromatic rings. The van der Waals surface area contributed by atoms with Crippen LogP contribution in [0.1, 0.15) is 29.8 Å². The number of hydrogen-bond donors (Lipinski definition) is 1. The van der Waals surface area contributed by atoms with Gasteiger partial charge in [-0.05, 0) is 44.5 Å². The van der Waals surface area contributed by atoms with E-state index in [9.17, 15) is 4.79 Å². The van der Waals surface area contributed by atoms with Crippen LogP contribution in [-0.2, 0) is 0 Å². The Morgan fingerprint density at radius 2 is 2.10 bits per heavy atom. The second-order valence-corrected chi connectivity index (χ2v) is 5.54. The minimum absolute atomic E-state index is 0.0530. The molecule has 1 aliphatic heterocycles. The molecule has 0 spiro atoms. The molecule has 2 heterocycles. The summed E-state index contributed by atoms with van der Waals surface area (Å²) in [6.07, 6.45) is 5.24. The van der Waals surface area contributed by atoms with E-state index in [2.05, 4.69) is 22.2 Å². The molecule has 0 aromatic carbocycles. The molecule has 1 fully saturated rings. The first kappa shape index (κ1) is 14.8. The van der Waals surface area contributed by atoms with E-state index in [0.29, 0.717) is 11.7 Å². The van der Waals surface area contributed by atoms with Gasteiger partial charge in [-0.1, -0.05) is 0 Å². The van der Waals surface area contributed by atoms with Crippen molar-refractivity contribution in [3.8, 4) is 0 Å². The van der Waals surface area contributed by atoms with Crippen molar-refractivity contribution < 1.29 is 4.79 Å². The molecule has 1 amide bonds. The van der Waals surface area contributed by atoms with Crippen LogP contribution < -0.4 is 10.2 Å². The monoisotopic (exact) mass is 276 g/mol. The second-order valence-electron chi connectivity index (χ2n) is 5.54. The van der Waals surface area contributed by atoms with Crippen LogP contribution in [-0.4, -0.2) is 56.1 Å². The molecule has 1 atom stereocenters. The lowest BCUT2D eigenvalue weighted by Gasteiger charge is -2.29. The van der Waals surface area contributed by atoms with Crippen molar-refractivity contribution in [2.45, 2.75) is 25.3 Å². The van der Waals surface area contributed by atoms with Crippen molar-refractivity contribution in [3.05, 3.63) is 24.0 Å². The van der Waals surface area contributed by atoms with Gasteiger partial charge in [0, 0.05) is 39.1 Å². The number of pyridine rings is 1. The minimum Gasteiger partial charge on any atom is -0.371 e. The summed E-state index contributed by atoms with van der Waals surface area (Å²) < 4.78 is 0.